The van der Waals surface area contributed by atoms with Crippen molar-refractivity contribution in [1.29, 1.82) is 0 Å². The second kappa shape index (κ2) is 7.66. The molecule has 1 saturated carbocycles. The van der Waals surface area contributed by atoms with Gasteiger partial charge in [-0.05, 0) is 62.4 Å². The molecule has 1 saturated heterocycles. The van der Waals surface area contributed by atoms with Crippen molar-refractivity contribution in [2.24, 2.45) is 5.92 Å². The van der Waals surface area contributed by atoms with Crippen LogP contribution in [0.2, 0.25) is 0 Å². The minimum Gasteiger partial charge on any atom is -0.493 e. The van der Waals surface area contributed by atoms with Crippen LogP contribution in [-0.2, 0) is 4.79 Å². The summed E-state index contributed by atoms with van der Waals surface area (Å²) in [4.78, 5) is 11.9. The summed E-state index contributed by atoms with van der Waals surface area (Å²) in [6.07, 6.45) is 5.42. The smallest absolute Gasteiger partial charge is 0.225 e. The largest absolute Gasteiger partial charge is 0.493 e. The van der Waals surface area contributed by atoms with Crippen LogP contribution in [0.15, 0.2) is 24.3 Å². The normalized spacial score (nSPS) is 20.7. The van der Waals surface area contributed by atoms with Crippen molar-refractivity contribution in [3.05, 3.63) is 24.3 Å². The first-order chi connectivity index (χ1) is 9.79. The lowest BCUT2D eigenvalue weighted by Gasteiger charge is -2.11. The summed E-state index contributed by atoms with van der Waals surface area (Å²) in [5.41, 5.74) is 0.840. The van der Waals surface area contributed by atoms with Crippen molar-refractivity contribution in [1.82, 2.24) is 5.32 Å². The van der Waals surface area contributed by atoms with E-state index in [1.54, 1.807) is 0 Å². The highest BCUT2D eigenvalue weighted by molar-refractivity contribution is 5.91. The van der Waals surface area contributed by atoms with Gasteiger partial charge in [0.15, 0.2) is 0 Å². The summed E-state index contributed by atoms with van der Waals surface area (Å²) < 4.78 is 5.67. The Morgan fingerprint density at radius 1 is 1.24 bits per heavy atom. The number of halogens is 1. The Morgan fingerprint density at radius 2 is 2.00 bits per heavy atom. The van der Waals surface area contributed by atoms with Crippen LogP contribution in [0.4, 0.5) is 5.69 Å². The van der Waals surface area contributed by atoms with Crippen molar-refractivity contribution in [2.75, 3.05) is 18.5 Å². The van der Waals surface area contributed by atoms with Crippen LogP contribution >= 0.6 is 12.4 Å². The lowest BCUT2D eigenvalue weighted by atomic mass is 10.1. The Kier molecular flexibility index (Phi) is 5.88. The van der Waals surface area contributed by atoms with Crippen LogP contribution in [0, 0.1) is 5.92 Å². The first-order valence-corrected chi connectivity index (χ1v) is 7.56. The number of ether oxygens (including phenoxy) is 1. The van der Waals surface area contributed by atoms with E-state index in [2.05, 4.69) is 10.6 Å². The molecular formula is C16H23ClN2O2. The fraction of sp³-hybridized carbons (Fsp3) is 0.562. The number of carbonyl (C=O) groups is 1. The van der Waals surface area contributed by atoms with E-state index in [9.17, 15) is 4.79 Å². The predicted octanol–water partition coefficient (Wildman–Crippen LogP) is 2.98. The van der Waals surface area contributed by atoms with Crippen molar-refractivity contribution in [3.8, 4) is 5.75 Å². The maximum absolute atomic E-state index is 11.9. The van der Waals surface area contributed by atoms with Gasteiger partial charge in [-0.2, -0.15) is 0 Å². The fourth-order valence-corrected chi connectivity index (χ4v) is 2.50. The van der Waals surface area contributed by atoms with Gasteiger partial charge in [0.1, 0.15) is 5.75 Å². The van der Waals surface area contributed by atoms with Crippen LogP contribution in [0.3, 0.4) is 0 Å². The van der Waals surface area contributed by atoms with E-state index >= 15 is 0 Å². The molecule has 0 bridgehead atoms. The molecule has 2 fully saturated rings. The van der Waals surface area contributed by atoms with E-state index in [1.807, 2.05) is 24.3 Å². The van der Waals surface area contributed by atoms with Gasteiger partial charge in [0.2, 0.25) is 5.91 Å². The van der Waals surface area contributed by atoms with Gasteiger partial charge in [0, 0.05) is 18.2 Å². The van der Waals surface area contributed by atoms with Gasteiger partial charge in [0.05, 0.1) is 6.61 Å². The molecule has 0 radical (unpaired) electrons. The molecule has 1 aliphatic carbocycles. The molecule has 1 aliphatic heterocycles. The molecule has 1 heterocycles. The van der Waals surface area contributed by atoms with Crippen molar-refractivity contribution in [2.45, 2.75) is 38.1 Å². The SMILES string of the molecule is Cl.O=C(CC1CCCN1)Nc1ccc(OCC2CC2)cc1. The second-order valence-electron chi connectivity index (χ2n) is 5.82. The van der Waals surface area contributed by atoms with Crippen LogP contribution in [0.25, 0.3) is 0 Å². The summed E-state index contributed by atoms with van der Waals surface area (Å²) in [5.74, 6) is 1.72. The monoisotopic (exact) mass is 310 g/mol. The molecule has 116 valence electrons. The third-order valence-electron chi connectivity index (χ3n) is 3.91. The zero-order chi connectivity index (χ0) is 13.8. The topological polar surface area (TPSA) is 50.4 Å². The van der Waals surface area contributed by atoms with Gasteiger partial charge in [-0.1, -0.05) is 0 Å². The number of benzene rings is 1. The van der Waals surface area contributed by atoms with Crippen molar-refractivity contribution in [3.63, 3.8) is 0 Å². The molecule has 1 unspecified atom stereocenters. The Hall–Kier alpha value is -1.26. The van der Waals surface area contributed by atoms with Gasteiger partial charge in [0.25, 0.3) is 0 Å². The van der Waals surface area contributed by atoms with Gasteiger partial charge >= 0.3 is 0 Å². The molecule has 1 amide bonds. The summed E-state index contributed by atoms with van der Waals surface area (Å²) in [5, 5.41) is 6.27. The number of amides is 1. The third kappa shape index (κ3) is 5.21. The highest BCUT2D eigenvalue weighted by Crippen LogP contribution is 2.29. The molecule has 3 rings (SSSR count). The molecular weight excluding hydrogens is 288 g/mol. The van der Waals surface area contributed by atoms with Gasteiger partial charge in [-0.25, -0.2) is 0 Å². The van der Waals surface area contributed by atoms with Crippen LogP contribution in [-0.4, -0.2) is 25.1 Å². The molecule has 1 aromatic carbocycles. The second-order valence-corrected chi connectivity index (χ2v) is 5.82. The molecule has 4 nitrogen and oxygen atoms in total. The lowest BCUT2D eigenvalue weighted by Crippen LogP contribution is -2.27. The fourth-order valence-electron chi connectivity index (χ4n) is 2.50. The Bertz CT molecular complexity index is 454. The van der Waals surface area contributed by atoms with Crippen molar-refractivity contribution < 1.29 is 9.53 Å². The minimum absolute atomic E-state index is 0. The van der Waals surface area contributed by atoms with E-state index in [0.717, 1.165) is 36.9 Å². The average molecular weight is 311 g/mol. The summed E-state index contributed by atoms with van der Waals surface area (Å²) in [6, 6.07) is 8.00. The third-order valence-corrected chi connectivity index (χ3v) is 3.91. The molecule has 21 heavy (non-hydrogen) atoms. The lowest BCUT2D eigenvalue weighted by molar-refractivity contribution is -0.116. The molecule has 0 aromatic heterocycles. The standard InChI is InChI=1S/C16H22N2O2.ClH/c19-16(10-14-2-1-9-17-14)18-13-5-7-15(8-6-13)20-11-12-3-4-12;/h5-8,12,14,17H,1-4,9-11H2,(H,18,19);1H. The number of rotatable bonds is 6. The average Bonchev–Trinajstić information content (AvgIpc) is 3.14. The van der Waals surface area contributed by atoms with E-state index in [0.29, 0.717) is 12.5 Å². The maximum Gasteiger partial charge on any atom is 0.225 e. The zero-order valence-corrected chi connectivity index (χ0v) is 13.0. The Morgan fingerprint density at radius 3 is 2.62 bits per heavy atom. The van der Waals surface area contributed by atoms with Crippen LogP contribution in [0.1, 0.15) is 32.1 Å². The summed E-state index contributed by atoms with van der Waals surface area (Å²) in [6.45, 7) is 1.85. The molecule has 2 N–H and O–H groups in total. The minimum atomic E-state index is 0. The highest BCUT2D eigenvalue weighted by Gasteiger charge is 2.21. The first kappa shape index (κ1) is 16.1. The van der Waals surface area contributed by atoms with Crippen molar-refractivity contribution >= 4 is 24.0 Å². The van der Waals surface area contributed by atoms with E-state index in [4.69, 9.17) is 4.74 Å². The number of anilines is 1. The molecule has 2 aliphatic rings. The Labute approximate surface area is 132 Å². The molecule has 1 aromatic rings. The predicted molar refractivity (Wildman–Crippen MR) is 86.2 cm³/mol. The van der Waals surface area contributed by atoms with Crippen LogP contribution < -0.4 is 15.4 Å². The van der Waals surface area contributed by atoms with E-state index < -0.39 is 0 Å². The maximum atomic E-state index is 11.9. The van der Waals surface area contributed by atoms with E-state index in [1.165, 1.54) is 19.3 Å². The number of hydrogen-bond acceptors (Lipinski definition) is 3. The number of nitrogens with one attached hydrogen (secondary N) is 2. The summed E-state index contributed by atoms with van der Waals surface area (Å²) in [7, 11) is 0. The molecule has 0 spiro atoms. The summed E-state index contributed by atoms with van der Waals surface area (Å²) >= 11 is 0. The van der Waals surface area contributed by atoms with Crippen LogP contribution in [0.5, 0.6) is 5.75 Å². The Balaban J connectivity index is 0.00000161. The molecule has 1 atom stereocenters. The molecule has 5 heteroatoms. The van der Waals surface area contributed by atoms with Gasteiger partial charge < -0.3 is 15.4 Å². The van der Waals surface area contributed by atoms with Gasteiger partial charge in [-0.15, -0.1) is 12.4 Å². The number of carbonyl (C=O) groups excluding carboxylic acids is 1. The van der Waals surface area contributed by atoms with E-state index in [-0.39, 0.29) is 18.3 Å². The highest BCUT2D eigenvalue weighted by atomic mass is 35.5. The first-order valence-electron chi connectivity index (χ1n) is 7.56. The number of hydrogen-bond donors (Lipinski definition) is 2. The zero-order valence-electron chi connectivity index (χ0n) is 12.1. The quantitative estimate of drug-likeness (QED) is 0.849. The van der Waals surface area contributed by atoms with Gasteiger partial charge in [-0.3, -0.25) is 4.79 Å².